The zero-order chi connectivity index (χ0) is 20.3. The molecule has 144 valence electrons. The monoisotopic (exact) mass is 379 g/mol. The Morgan fingerprint density at radius 3 is 2.36 bits per heavy atom. The third-order valence-corrected chi connectivity index (χ3v) is 4.96. The molecular weight excluding hydrogens is 358 g/mol. The summed E-state index contributed by atoms with van der Waals surface area (Å²) in [4.78, 5) is 35.8. The number of carbonyl (C=O) groups excluding carboxylic acids is 2. The van der Waals surface area contributed by atoms with Crippen molar-refractivity contribution in [1.82, 2.24) is 0 Å². The molecule has 2 aromatic rings. The van der Waals surface area contributed by atoms with Gasteiger partial charge < -0.3 is 4.74 Å². The second-order valence-electron chi connectivity index (χ2n) is 6.83. The van der Waals surface area contributed by atoms with Crippen LogP contribution in [-0.2, 0) is 14.3 Å². The molecule has 3 rings (SSSR count). The second kappa shape index (κ2) is 8.17. The number of ketones is 1. The summed E-state index contributed by atoms with van der Waals surface area (Å²) in [7, 11) is 0. The number of benzene rings is 2. The minimum absolute atomic E-state index is 0.0344. The minimum atomic E-state index is -0.949. The van der Waals surface area contributed by atoms with E-state index in [0.717, 1.165) is 16.7 Å². The zero-order valence-corrected chi connectivity index (χ0v) is 15.8. The first-order chi connectivity index (χ1) is 13.4. The van der Waals surface area contributed by atoms with Crippen LogP contribution in [0.25, 0.3) is 5.57 Å². The summed E-state index contributed by atoms with van der Waals surface area (Å²) in [5, 5.41) is 10.9. The highest BCUT2D eigenvalue weighted by molar-refractivity contribution is 6.10. The second-order valence-corrected chi connectivity index (χ2v) is 6.83. The molecule has 28 heavy (non-hydrogen) atoms. The average molecular weight is 379 g/mol. The molecule has 0 radical (unpaired) electrons. The van der Waals surface area contributed by atoms with E-state index in [4.69, 9.17) is 4.74 Å². The molecule has 0 spiro atoms. The van der Waals surface area contributed by atoms with E-state index in [9.17, 15) is 19.7 Å². The van der Waals surface area contributed by atoms with Crippen molar-refractivity contribution in [2.24, 2.45) is 5.92 Å². The van der Waals surface area contributed by atoms with Gasteiger partial charge in [0, 0.05) is 18.1 Å². The molecule has 2 atom stereocenters. The summed E-state index contributed by atoms with van der Waals surface area (Å²) in [6.07, 6.45) is 1.99. The molecule has 0 fully saturated rings. The number of rotatable bonds is 5. The number of carbonyl (C=O) groups is 2. The minimum Gasteiger partial charge on any atom is -0.465 e. The molecule has 0 N–H and O–H groups in total. The summed E-state index contributed by atoms with van der Waals surface area (Å²) in [6.45, 7) is 3.87. The van der Waals surface area contributed by atoms with Gasteiger partial charge in [-0.2, -0.15) is 0 Å². The fourth-order valence-corrected chi connectivity index (χ4v) is 3.51. The predicted molar refractivity (Wildman–Crippen MR) is 105 cm³/mol. The molecule has 0 saturated heterocycles. The van der Waals surface area contributed by atoms with Crippen molar-refractivity contribution < 1.29 is 19.2 Å². The van der Waals surface area contributed by atoms with Crippen LogP contribution in [0.15, 0.2) is 54.6 Å². The standard InChI is InChI=1S/C22H21NO5/c1-3-28-22(25)21-19(16-8-10-18(11-9-16)23(26)27)12-17(13-20(21)24)15-6-4-14(2)5-7-15/h4-11,13,19,21H,3,12H2,1-2H3/t19-,21-/m0/s1. The number of esters is 1. The largest absolute Gasteiger partial charge is 0.465 e. The van der Waals surface area contributed by atoms with Crippen LogP contribution >= 0.6 is 0 Å². The Labute approximate surface area is 163 Å². The van der Waals surface area contributed by atoms with Gasteiger partial charge in [-0.3, -0.25) is 19.7 Å². The lowest BCUT2D eigenvalue weighted by Gasteiger charge is -2.29. The number of ether oxygens (including phenoxy) is 1. The molecule has 2 aromatic carbocycles. The van der Waals surface area contributed by atoms with Gasteiger partial charge in [-0.05, 0) is 43.0 Å². The van der Waals surface area contributed by atoms with Gasteiger partial charge in [0.05, 0.1) is 11.5 Å². The van der Waals surface area contributed by atoms with Crippen LogP contribution in [-0.4, -0.2) is 23.3 Å². The number of nitrogens with zero attached hydrogens (tertiary/aromatic N) is 1. The maximum absolute atomic E-state index is 12.8. The van der Waals surface area contributed by atoms with Crippen molar-refractivity contribution in [2.45, 2.75) is 26.2 Å². The van der Waals surface area contributed by atoms with Gasteiger partial charge in [0.15, 0.2) is 5.78 Å². The van der Waals surface area contributed by atoms with Crippen LogP contribution in [0, 0.1) is 23.0 Å². The molecule has 1 aliphatic rings. The number of hydrogen-bond acceptors (Lipinski definition) is 5. The lowest BCUT2D eigenvalue weighted by molar-refractivity contribution is -0.384. The third-order valence-electron chi connectivity index (χ3n) is 4.96. The van der Waals surface area contributed by atoms with E-state index in [1.165, 1.54) is 18.2 Å². The van der Waals surface area contributed by atoms with Crippen LogP contribution in [0.4, 0.5) is 5.69 Å². The normalized spacial score (nSPS) is 19.1. The highest BCUT2D eigenvalue weighted by Gasteiger charge is 2.39. The van der Waals surface area contributed by atoms with E-state index in [1.807, 2.05) is 31.2 Å². The number of allylic oxidation sites excluding steroid dienone is 2. The maximum atomic E-state index is 12.8. The summed E-state index contributed by atoms with van der Waals surface area (Å²) >= 11 is 0. The van der Waals surface area contributed by atoms with Crippen molar-refractivity contribution in [2.75, 3.05) is 6.61 Å². The molecule has 0 bridgehead atoms. The molecular formula is C22H21NO5. The first kappa shape index (κ1) is 19.5. The van der Waals surface area contributed by atoms with E-state index in [-0.39, 0.29) is 18.1 Å². The van der Waals surface area contributed by atoms with Crippen molar-refractivity contribution in [3.05, 3.63) is 81.4 Å². The van der Waals surface area contributed by atoms with Crippen LogP contribution < -0.4 is 0 Å². The van der Waals surface area contributed by atoms with Crippen molar-refractivity contribution in [3.8, 4) is 0 Å². The Bertz CT molecular complexity index is 928. The molecule has 0 unspecified atom stereocenters. The number of nitro benzene ring substituents is 1. The molecule has 0 amide bonds. The van der Waals surface area contributed by atoms with Gasteiger partial charge in [-0.25, -0.2) is 0 Å². The van der Waals surface area contributed by atoms with Gasteiger partial charge in [0.25, 0.3) is 5.69 Å². The van der Waals surface area contributed by atoms with Gasteiger partial charge >= 0.3 is 5.97 Å². The van der Waals surface area contributed by atoms with Gasteiger partial charge in [0.1, 0.15) is 5.92 Å². The lowest BCUT2D eigenvalue weighted by atomic mass is 9.73. The maximum Gasteiger partial charge on any atom is 0.317 e. The van der Waals surface area contributed by atoms with E-state index in [1.54, 1.807) is 19.1 Å². The van der Waals surface area contributed by atoms with Crippen LogP contribution in [0.1, 0.15) is 36.0 Å². The average Bonchev–Trinajstić information content (AvgIpc) is 2.68. The first-order valence-corrected chi connectivity index (χ1v) is 9.13. The Morgan fingerprint density at radius 1 is 1.14 bits per heavy atom. The summed E-state index contributed by atoms with van der Waals surface area (Å²) in [5.41, 5.74) is 3.55. The molecule has 0 aromatic heterocycles. The highest BCUT2D eigenvalue weighted by atomic mass is 16.6. The van der Waals surface area contributed by atoms with E-state index >= 15 is 0 Å². The Kier molecular flexibility index (Phi) is 5.68. The number of nitro groups is 1. The molecule has 6 nitrogen and oxygen atoms in total. The van der Waals surface area contributed by atoms with E-state index in [0.29, 0.717) is 12.0 Å². The van der Waals surface area contributed by atoms with Gasteiger partial charge in [-0.15, -0.1) is 0 Å². The number of aryl methyl sites for hydroxylation is 1. The van der Waals surface area contributed by atoms with Gasteiger partial charge in [-0.1, -0.05) is 42.0 Å². The topological polar surface area (TPSA) is 86.5 Å². The smallest absolute Gasteiger partial charge is 0.317 e. The number of non-ortho nitro benzene ring substituents is 1. The zero-order valence-electron chi connectivity index (χ0n) is 15.8. The summed E-state index contributed by atoms with van der Waals surface area (Å²) in [5.74, 6) is -2.25. The summed E-state index contributed by atoms with van der Waals surface area (Å²) < 4.78 is 5.12. The first-order valence-electron chi connectivity index (χ1n) is 9.13. The Hall–Kier alpha value is -3.28. The SMILES string of the molecule is CCOC(=O)[C@@H]1C(=O)C=C(c2ccc(C)cc2)C[C@H]1c1ccc([N+](=O)[O-])cc1. The fourth-order valence-electron chi connectivity index (χ4n) is 3.51. The molecule has 1 aliphatic carbocycles. The predicted octanol–water partition coefficient (Wildman–Crippen LogP) is 4.22. The fraction of sp³-hybridized carbons (Fsp3) is 0.273. The van der Waals surface area contributed by atoms with E-state index in [2.05, 4.69) is 0 Å². The lowest BCUT2D eigenvalue weighted by Crippen LogP contribution is -2.34. The van der Waals surface area contributed by atoms with Crippen LogP contribution in [0.5, 0.6) is 0 Å². The molecule has 0 heterocycles. The van der Waals surface area contributed by atoms with Crippen molar-refractivity contribution >= 4 is 23.0 Å². The Morgan fingerprint density at radius 2 is 1.79 bits per heavy atom. The number of hydrogen-bond donors (Lipinski definition) is 0. The molecule has 0 saturated carbocycles. The summed E-state index contributed by atoms with van der Waals surface area (Å²) in [6, 6.07) is 13.9. The Balaban J connectivity index is 2.00. The quantitative estimate of drug-likeness (QED) is 0.336. The van der Waals surface area contributed by atoms with Crippen LogP contribution in [0.2, 0.25) is 0 Å². The van der Waals surface area contributed by atoms with Crippen molar-refractivity contribution in [3.63, 3.8) is 0 Å². The van der Waals surface area contributed by atoms with Crippen molar-refractivity contribution in [1.29, 1.82) is 0 Å². The molecule has 0 aliphatic heterocycles. The third kappa shape index (κ3) is 4.01. The van der Waals surface area contributed by atoms with Gasteiger partial charge in [0.2, 0.25) is 0 Å². The van der Waals surface area contributed by atoms with Crippen LogP contribution in [0.3, 0.4) is 0 Å². The molecule has 6 heteroatoms. The van der Waals surface area contributed by atoms with E-state index < -0.39 is 22.7 Å². The highest BCUT2D eigenvalue weighted by Crippen LogP contribution is 2.40.